The highest BCUT2D eigenvalue weighted by atomic mass is 16.5. The molecule has 4 N–H and O–H groups in total. The van der Waals surface area contributed by atoms with E-state index in [1.165, 1.54) is 6.42 Å². The van der Waals surface area contributed by atoms with Crippen LogP contribution < -0.4 is 15.5 Å². The minimum absolute atomic E-state index is 0.0404. The van der Waals surface area contributed by atoms with Crippen molar-refractivity contribution >= 4 is 34.6 Å². The molecule has 0 amide bonds. The lowest BCUT2D eigenvalue weighted by Crippen LogP contribution is -2.36. The predicted molar refractivity (Wildman–Crippen MR) is 149 cm³/mol. The van der Waals surface area contributed by atoms with Crippen molar-refractivity contribution in [3.8, 4) is 11.1 Å². The summed E-state index contributed by atoms with van der Waals surface area (Å²) < 4.78 is 5.28. The SMILES string of the molecule is CCOC(=O)c1cc(-c2ccc(NCCO)cc2)c(C(=N)C(C)C)c(Nc2cccc(N3CCC3)c2)n1. The Labute approximate surface area is 218 Å². The Morgan fingerprint density at radius 1 is 1.14 bits per heavy atom. The molecule has 4 rings (SSSR count). The summed E-state index contributed by atoms with van der Waals surface area (Å²) in [5.74, 6) is -0.125. The van der Waals surface area contributed by atoms with Crippen LogP contribution in [0, 0.1) is 11.3 Å². The van der Waals surface area contributed by atoms with Crippen molar-refractivity contribution in [1.82, 2.24) is 4.98 Å². The van der Waals surface area contributed by atoms with E-state index < -0.39 is 5.97 Å². The third-order valence-corrected chi connectivity index (χ3v) is 6.32. The van der Waals surface area contributed by atoms with Gasteiger partial charge in [0.15, 0.2) is 5.69 Å². The van der Waals surface area contributed by atoms with Crippen LogP contribution in [0.4, 0.5) is 22.9 Å². The van der Waals surface area contributed by atoms with E-state index in [0.717, 1.165) is 41.3 Å². The first-order chi connectivity index (χ1) is 17.9. The van der Waals surface area contributed by atoms with Crippen molar-refractivity contribution in [2.75, 3.05) is 48.4 Å². The molecule has 1 aromatic heterocycles. The van der Waals surface area contributed by atoms with Crippen LogP contribution in [0.5, 0.6) is 0 Å². The first-order valence-electron chi connectivity index (χ1n) is 12.8. The maximum atomic E-state index is 12.8. The van der Waals surface area contributed by atoms with E-state index in [2.05, 4.69) is 32.7 Å². The van der Waals surface area contributed by atoms with Crippen molar-refractivity contribution in [3.05, 3.63) is 65.9 Å². The average Bonchev–Trinajstić information content (AvgIpc) is 2.86. The third-order valence-electron chi connectivity index (χ3n) is 6.32. The number of hydrogen-bond acceptors (Lipinski definition) is 8. The van der Waals surface area contributed by atoms with Gasteiger partial charge in [-0.05, 0) is 66.8 Å². The number of carbonyl (C=O) groups is 1. The number of nitrogens with zero attached hydrogens (tertiary/aromatic N) is 2. The van der Waals surface area contributed by atoms with Crippen LogP contribution in [0.2, 0.25) is 0 Å². The molecule has 3 aromatic rings. The van der Waals surface area contributed by atoms with Gasteiger partial charge < -0.3 is 30.8 Å². The number of aliphatic hydroxyl groups excluding tert-OH is 1. The van der Waals surface area contributed by atoms with Gasteiger partial charge in [-0.2, -0.15) is 0 Å². The Kier molecular flexibility index (Phi) is 8.40. The molecule has 0 aliphatic carbocycles. The Morgan fingerprint density at radius 3 is 2.51 bits per heavy atom. The molecular formula is C29H35N5O3. The Morgan fingerprint density at radius 2 is 1.89 bits per heavy atom. The number of anilines is 4. The first kappa shape index (κ1) is 26.2. The molecule has 0 bridgehead atoms. The number of rotatable bonds is 11. The summed E-state index contributed by atoms with van der Waals surface area (Å²) in [6.45, 7) is 8.52. The monoisotopic (exact) mass is 501 g/mol. The number of ether oxygens (including phenoxy) is 1. The van der Waals surface area contributed by atoms with Crippen LogP contribution in [0.25, 0.3) is 11.1 Å². The number of nitrogens with one attached hydrogen (secondary N) is 3. The molecule has 0 radical (unpaired) electrons. The molecular weight excluding hydrogens is 466 g/mol. The molecule has 0 unspecified atom stereocenters. The maximum absolute atomic E-state index is 12.8. The molecule has 2 heterocycles. The summed E-state index contributed by atoms with van der Waals surface area (Å²) in [7, 11) is 0. The number of carbonyl (C=O) groups excluding carboxylic acids is 1. The molecule has 8 nitrogen and oxygen atoms in total. The Hall–Kier alpha value is -3.91. The molecule has 0 spiro atoms. The van der Waals surface area contributed by atoms with Crippen molar-refractivity contribution < 1.29 is 14.6 Å². The highest BCUT2D eigenvalue weighted by Gasteiger charge is 2.23. The summed E-state index contributed by atoms with van der Waals surface area (Å²) >= 11 is 0. The summed E-state index contributed by atoms with van der Waals surface area (Å²) in [4.78, 5) is 19.8. The van der Waals surface area contributed by atoms with Gasteiger partial charge in [-0.25, -0.2) is 9.78 Å². The average molecular weight is 502 g/mol. The van der Waals surface area contributed by atoms with Gasteiger partial charge in [0.25, 0.3) is 0 Å². The molecule has 0 atom stereocenters. The maximum Gasteiger partial charge on any atom is 0.357 e. The lowest BCUT2D eigenvalue weighted by atomic mass is 9.91. The van der Waals surface area contributed by atoms with E-state index >= 15 is 0 Å². The quantitative estimate of drug-likeness (QED) is 0.208. The van der Waals surface area contributed by atoms with Crippen molar-refractivity contribution in [2.24, 2.45) is 5.92 Å². The molecule has 1 aliphatic heterocycles. The van der Waals surface area contributed by atoms with Crippen LogP contribution in [0.3, 0.4) is 0 Å². The number of pyridine rings is 1. The third kappa shape index (κ3) is 6.09. The highest BCUT2D eigenvalue weighted by Crippen LogP contribution is 2.34. The van der Waals surface area contributed by atoms with Crippen LogP contribution in [-0.2, 0) is 4.74 Å². The van der Waals surface area contributed by atoms with Gasteiger partial charge in [-0.1, -0.05) is 32.0 Å². The summed E-state index contributed by atoms with van der Waals surface area (Å²) in [6.07, 6.45) is 1.19. The molecule has 1 fully saturated rings. The smallest absolute Gasteiger partial charge is 0.357 e. The van der Waals surface area contributed by atoms with Crippen LogP contribution in [0.15, 0.2) is 54.6 Å². The largest absolute Gasteiger partial charge is 0.461 e. The van der Waals surface area contributed by atoms with E-state index in [0.29, 0.717) is 23.6 Å². The van der Waals surface area contributed by atoms with Crippen molar-refractivity contribution in [1.29, 1.82) is 5.41 Å². The van der Waals surface area contributed by atoms with Gasteiger partial charge in [0.2, 0.25) is 0 Å². The van der Waals surface area contributed by atoms with Crippen LogP contribution in [0.1, 0.15) is 43.2 Å². The van der Waals surface area contributed by atoms with E-state index in [1.54, 1.807) is 13.0 Å². The normalized spacial score (nSPS) is 12.7. The lowest BCUT2D eigenvalue weighted by Gasteiger charge is -2.33. The molecule has 8 heteroatoms. The van der Waals surface area contributed by atoms with E-state index in [4.69, 9.17) is 15.3 Å². The van der Waals surface area contributed by atoms with E-state index in [1.807, 2.05) is 50.2 Å². The van der Waals surface area contributed by atoms with Gasteiger partial charge in [-0.3, -0.25) is 0 Å². The molecule has 0 saturated carbocycles. The number of aromatic nitrogens is 1. The van der Waals surface area contributed by atoms with E-state index in [-0.39, 0.29) is 24.8 Å². The van der Waals surface area contributed by atoms with Gasteiger partial charge in [0.05, 0.1) is 13.2 Å². The zero-order valence-corrected chi connectivity index (χ0v) is 21.7. The second-order valence-corrected chi connectivity index (χ2v) is 9.31. The Bertz CT molecular complexity index is 1250. The lowest BCUT2D eigenvalue weighted by molar-refractivity contribution is 0.0519. The highest BCUT2D eigenvalue weighted by molar-refractivity contribution is 6.10. The minimum atomic E-state index is -0.509. The fraction of sp³-hybridized carbons (Fsp3) is 0.345. The minimum Gasteiger partial charge on any atom is -0.461 e. The zero-order chi connectivity index (χ0) is 26.4. The van der Waals surface area contributed by atoms with Crippen LogP contribution in [-0.4, -0.2) is 54.6 Å². The second-order valence-electron chi connectivity index (χ2n) is 9.31. The topological polar surface area (TPSA) is 111 Å². The van der Waals surface area contributed by atoms with E-state index in [9.17, 15) is 4.79 Å². The van der Waals surface area contributed by atoms with Gasteiger partial charge in [0, 0.05) is 48.0 Å². The summed E-state index contributed by atoms with van der Waals surface area (Å²) in [6, 6.07) is 17.5. The Balaban J connectivity index is 1.83. The molecule has 1 aliphatic rings. The number of esters is 1. The predicted octanol–water partition coefficient (Wildman–Crippen LogP) is 5.31. The number of aliphatic hydroxyl groups is 1. The van der Waals surface area contributed by atoms with Gasteiger partial charge in [-0.15, -0.1) is 0 Å². The standard InChI is InChI=1S/C29H35N5O3/c1-4-37-29(36)25-18-24(20-9-11-21(12-10-20)31-13-16-35)26(27(30)19(2)3)28(33-25)32-22-7-5-8-23(17-22)34-14-6-15-34/h5,7-12,17-19,30-31,35H,4,6,13-16H2,1-3H3,(H,32,33). The second kappa shape index (κ2) is 11.9. The molecule has 2 aromatic carbocycles. The zero-order valence-electron chi connectivity index (χ0n) is 21.7. The van der Waals surface area contributed by atoms with Gasteiger partial charge >= 0.3 is 5.97 Å². The van der Waals surface area contributed by atoms with Gasteiger partial charge in [0.1, 0.15) is 5.82 Å². The number of hydrogen-bond donors (Lipinski definition) is 4. The van der Waals surface area contributed by atoms with Crippen LogP contribution >= 0.6 is 0 Å². The number of benzene rings is 2. The molecule has 1 saturated heterocycles. The summed E-state index contributed by atoms with van der Waals surface area (Å²) in [5, 5.41) is 24.6. The summed E-state index contributed by atoms with van der Waals surface area (Å²) in [5.41, 5.74) is 5.66. The molecule has 194 valence electrons. The van der Waals surface area contributed by atoms with Crippen molar-refractivity contribution in [2.45, 2.75) is 27.2 Å². The fourth-order valence-electron chi connectivity index (χ4n) is 4.19. The first-order valence-corrected chi connectivity index (χ1v) is 12.8. The fourth-order valence-corrected chi connectivity index (χ4v) is 4.19. The van der Waals surface area contributed by atoms with Crippen molar-refractivity contribution in [3.63, 3.8) is 0 Å². The molecule has 37 heavy (non-hydrogen) atoms.